The van der Waals surface area contributed by atoms with Crippen molar-refractivity contribution in [3.05, 3.63) is 65.5 Å². The molecule has 150 valence electrons. The second-order valence-electron chi connectivity index (χ2n) is 7.10. The van der Waals surface area contributed by atoms with Gasteiger partial charge in [-0.25, -0.2) is 4.39 Å². The van der Waals surface area contributed by atoms with Crippen LogP contribution in [0.15, 0.2) is 48.5 Å². The second kappa shape index (κ2) is 9.88. The molecule has 0 saturated carbocycles. The van der Waals surface area contributed by atoms with Gasteiger partial charge in [-0.15, -0.1) is 0 Å². The fraction of sp³-hybridized carbons (Fsp3) is 0.364. The average Bonchev–Trinajstić information content (AvgIpc) is 2.67. The number of carbonyl (C=O) groups excluding carboxylic acids is 2. The summed E-state index contributed by atoms with van der Waals surface area (Å²) < 4.78 is 19.0. The molecule has 0 bridgehead atoms. The number of nitrogens with one attached hydrogen (secondary N) is 1. The predicted molar refractivity (Wildman–Crippen MR) is 107 cm³/mol. The number of aryl methyl sites for hydroxylation is 1. The first-order chi connectivity index (χ1) is 13.3. The van der Waals surface area contributed by atoms with Crippen LogP contribution in [-0.4, -0.2) is 43.0 Å². The van der Waals surface area contributed by atoms with Crippen LogP contribution in [0, 0.1) is 18.7 Å². The standard InChI is InChI=1S/C22H27FN2O3/c1-15(2)20(24-21(26)17-11-9-16(3)10-12-17)22(27)25(4)13-14-28-19-8-6-5-7-18(19)23/h5-12,15,20H,13-14H2,1-4H3,(H,24,26)/t20-/m0/s1. The average molecular weight is 386 g/mol. The maximum absolute atomic E-state index is 13.6. The molecule has 0 aliphatic heterocycles. The minimum Gasteiger partial charge on any atom is -0.489 e. The molecule has 2 amide bonds. The van der Waals surface area contributed by atoms with E-state index < -0.39 is 11.9 Å². The van der Waals surface area contributed by atoms with Crippen molar-refractivity contribution in [2.75, 3.05) is 20.2 Å². The van der Waals surface area contributed by atoms with Gasteiger partial charge in [-0.3, -0.25) is 9.59 Å². The normalized spacial score (nSPS) is 11.8. The summed E-state index contributed by atoms with van der Waals surface area (Å²) in [6.07, 6.45) is 0. The highest BCUT2D eigenvalue weighted by Gasteiger charge is 2.27. The molecular formula is C22H27FN2O3. The van der Waals surface area contributed by atoms with E-state index in [0.29, 0.717) is 5.56 Å². The molecule has 28 heavy (non-hydrogen) atoms. The molecule has 5 nitrogen and oxygen atoms in total. The molecule has 0 aliphatic carbocycles. The summed E-state index contributed by atoms with van der Waals surface area (Å²) in [5.74, 6) is -0.884. The lowest BCUT2D eigenvalue weighted by Crippen LogP contribution is -2.50. The number of para-hydroxylation sites is 1. The van der Waals surface area contributed by atoms with Crippen molar-refractivity contribution < 1.29 is 18.7 Å². The fourth-order valence-corrected chi connectivity index (χ4v) is 2.65. The number of halogens is 1. The van der Waals surface area contributed by atoms with E-state index in [0.717, 1.165) is 5.56 Å². The smallest absolute Gasteiger partial charge is 0.251 e. The lowest BCUT2D eigenvalue weighted by molar-refractivity contribution is -0.133. The van der Waals surface area contributed by atoms with Crippen LogP contribution >= 0.6 is 0 Å². The van der Waals surface area contributed by atoms with Gasteiger partial charge in [0.2, 0.25) is 5.91 Å². The Kier molecular flexibility index (Phi) is 7.55. The van der Waals surface area contributed by atoms with Crippen molar-refractivity contribution in [2.24, 2.45) is 5.92 Å². The Morgan fingerprint density at radius 2 is 1.75 bits per heavy atom. The highest BCUT2D eigenvalue weighted by Crippen LogP contribution is 2.15. The van der Waals surface area contributed by atoms with Crippen LogP contribution in [0.4, 0.5) is 4.39 Å². The quantitative estimate of drug-likeness (QED) is 0.756. The first-order valence-electron chi connectivity index (χ1n) is 9.29. The van der Waals surface area contributed by atoms with Crippen LogP contribution in [-0.2, 0) is 4.79 Å². The molecule has 1 N–H and O–H groups in total. The topological polar surface area (TPSA) is 58.6 Å². The lowest BCUT2D eigenvalue weighted by Gasteiger charge is -2.27. The monoisotopic (exact) mass is 386 g/mol. The molecule has 0 saturated heterocycles. The molecule has 6 heteroatoms. The van der Waals surface area contributed by atoms with E-state index in [1.807, 2.05) is 32.9 Å². The van der Waals surface area contributed by atoms with Gasteiger partial charge in [-0.05, 0) is 37.1 Å². The molecule has 2 aromatic carbocycles. The molecule has 2 rings (SSSR count). The molecule has 0 unspecified atom stereocenters. The summed E-state index contributed by atoms with van der Waals surface area (Å²) in [6.45, 7) is 6.13. The number of hydrogen-bond donors (Lipinski definition) is 1. The molecule has 1 atom stereocenters. The Morgan fingerprint density at radius 3 is 2.36 bits per heavy atom. The molecule has 2 aromatic rings. The zero-order chi connectivity index (χ0) is 20.7. The number of carbonyl (C=O) groups is 2. The number of hydrogen-bond acceptors (Lipinski definition) is 3. The van der Waals surface area contributed by atoms with Crippen LogP contribution in [0.1, 0.15) is 29.8 Å². The van der Waals surface area contributed by atoms with Gasteiger partial charge >= 0.3 is 0 Å². The third-order valence-corrected chi connectivity index (χ3v) is 4.43. The van der Waals surface area contributed by atoms with E-state index in [-0.39, 0.29) is 36.6 Å². The van der Waals surface area contributed by atoms with Crippen LogP contribution in [0.3, 0.4) is 0 Å². The van der Waals surface area contributed by atoms with Gasteiger partial charge in [0.15, 0.2) is 11.6 Å². The highest BCUT2D eigenvalue weighted by molar-refractivity contribution is 5.97. The Hall–Kier alpha value is -2.89. The summed E-state index contributed by atoms with van der Waals surface area (Å²) in [6, 6.07) is 12.6. The summed E-state index contributed by atoms with van der Waals surface area (Å²) >= 11 is 0. The summed E-state index contributed by atoms with van der Waals surface area (Å²) in [5, 5.41) is 2.82. The Morgan fingerprint density at radius 1 is 1.11 bits per heavy atom. The van der Waals surface area contributed by atoms with Crippen LogP contribution in [0.5, 0.6) is 5.75 Å². The van der Waals surface area contributed by atoms with Crippen molar-refractivity contribution in [1.82, 2.24) is 10.2 Å². The van der Waals surface area contributed by atoms with Crippen molar-refractivity contribution in [3.8, 4) is 5.75 Å². The van der Waals surface area contributed by atoms with E-state index in [1.165, 1.54) is 17.0 Å². The maximum Gasteiger partial charge on any atom is 0.251 e. The van der Waals surface area contributed by atoms with Crippen molar-refractivity contribution in [3.63, 3.8) is 0 Å². The van der Waals surface area contributed by atoms with E-state index in [2.05, 4.69) is 5.32 Å². The predicted octanol–water partition coefficient (Wildman–Crippen LogP) is 3.43. The zero-order valence-corrected chi connectivity index (χ0v) is 16.7. The van der Waals surface area contributed by atoms with Gasteiger partial charge < -0.3 is 15.0 Å². The molecule has 0 aliphatic rings. The van der Waals surface area contributed by atoms with Gasteiger partial charge in [-0.1, -0.05) is 43.7 Å². The third-order valence-electron chi connectivity index (χ3n) is 4.43. The van der Waals surface area contributed by atoms with Gasteiger partial charge in [-0.2, -0.15) is 0 Å². The number of amides is 2. The lowest BCUT2D eigenvalue weighted by atomic mass is 10.0. The van der Waals surface area contributed by atoms with E-state index in [9.17, 15) is 14.0 Å². The number of likely N-dealkylation sites (N-methyl/N-ethyl adjacent to an activating group) is 1. The summed E-state index contributed by atoms with van der Waals surface area (Å²) in [4.78, 5) is 26.8. The van der Waals surface area contributed by atoms with Gasteiger partial charge in [0, 0.05) is 12.6 Å². The maximum atomic E-state index is 13.6. The summed E-state index contributed by atoms with van der Waals surface area (Å²) in [7, 11) is 1.64. The first-order valence-corrected chi connectivity index (χ1v) is 9.29. The minimum absolute atomic E-state index is 0.0863. The van der Waals surface area contributed by atoms with Gasteiger partial charge in [0.25, 0.3) is 5.91 Å². The van der Waals surface area contributed by atoms with E-state index in [1.54, 1.807) is 31.3 Å². The molecular weight excluding hydrogens is 359 g/mol. The number of nitrogens with zero attached hydrogens (tertiary/aromatic N) is 1. The molecule has 0 heterocycles. The molecule has 0 radical (unpaired) electrons. The zero-order valence-electron chi connectivity index (χ0n) is 16.7. The van der Waals surface area contributed by atoms with Crippen molar-refractivity contribution >= 4 is 11.8 Å². The fourth-order valence-electron chi connectivity index (χ4n) is 2.65. The van der Waals surface area contributed by atoms with Crippen LogP contribution < -0.4 is 10.1 Å². The number of benzene rings is 2. The Bertz CT molecular complexity index is 806. The Balaban J connectivity index is 1.94. The largest absolute Gasteiger partial charge is 0.489 e. The highest BCUT2D eigenvalue weighted by atomic mass is 19.1. The van der Waals surface area contributed by atoms with Crippen molar-refractivity contribution in [2.45, 2.75) is 26.8 Å². The first kappa shape index (κ1) is 21.4. The van der Waals surface area contributed by atoms with Gasteiger partial charge in [0.1, 0.15) is 12.6 Å². The summed E-state index contributed by atoms with van der Waals surface area (Å²) in [5.41, 5.74) is 1.57. The SMILES string of the molecule is Cc1ccc(C(=O)N[C@H](C(=O)N(C)CCOc2ccccc2F)C(C)C)cc1. The number of ether oxygens (including phenoxy) is 1. The van der Waals surface area contributed by atoms with Gasteiger partial charge in [0.05, 0.1) is 6.54 Å². The molecule has 0 spiro atoms. The second-order valence-corrected chi connectivity index (χ2v) is 7.10. The number of rotatable bonds is 8. The Labute approximate surface area is 165 Å². The van der Waals surface area contributed by atoms with Crippen molar-refractivity contribution in [1.29, 1.82) is 0 Å². The minimum atomic E-state index is -0.660. The van der Waals surface area contributed by atoms with Crippen LogP contribution in [0.2, 0.25) is 0 Å². The van der Waals surface area contributed by atoms with Crippen LogP contribution in [0.25, 0.3) is 0 Å². The molecule has 0 fully saturated rings. The van der Waals surface area contributed by atoms with E-state index in [4.69, 9.17) is 4.74 Å². The third kappa shape index (κ3) is 5.81. The van der Waals surface area contributed by atoms with E-state index >= 15 is 0 Å². The molecule has 0 aromatic heterocycles.